The molecule has 19 heavy (non-hydrogen) atoms. The van der Waals surface area contributed by atoms with Crippen LogP contribution in [0, 0.1) is 0 Å². The first-order valence-electron chi connectivity index (χ1n) is 6.23. The van der Waals surface area contributed by atoms with Crippen LogP contribution in [-0.4, -0.2) is 18.9 Å². The number of nitrogens with zero attached hydrogens (tertiary/aromatic N) is 1. The van der Waals surface area contributed by atoms with Crippen molar-refractivity contribution in [2.24, 2.45) is 4.99 Å². The van der Waals surface area contributed by atoms with E-state index >= 15 is 0 Å². The van der Waals surface area contributed by atoms with Crippen LogP contribution in [0.3, 0.4) is 0 Å². The van der Waals surface area contributed by atoms with Crippen LogP contribution in [0.5, 0.6) is 0 Å². The minimum atomic E-state index is 0.725. The van der Waals surface area contributed by atoms with E-state index in [2.05, 4.69) is 27.8 Å². The van der Waals surface area contributed by atoms with Gasteiger partial charge in [0.2, 0.25) is 0 Å². The summed E-state index contributed by atoms with van der Waals surface area (Å²) in [4.78, 5) is 4.42. The highest BCUT2D eigenvalue weighted by Gasteiger charge is 2.08. The molecule has 0 amide bonds. The van der Waals surface area contributed by atoms with Crippen LogP contribution in [0.25, 0.3) is 0 Å². The van der Waals surface area contributed by atoms with Gasteiger partial charge in [0.25, 0.3) is 0 Å². The lowest BCUT2D eigenvalue weighted by atomic mass is 10.1. The average Bonchev–Trinajstić information content (AvgIpc) is 2.93. The smallest absolute Gasteiger partial charge is 0.128 e. The van der Waals surface area contributed by atoms with Gasteiger partial charge >= 0.3 is 0 Å². The van der Waals surface area contributed by atoms with Crippen molar-refractivity contribution in [3.05, 3.63) is 59.1 Å². The van der Waals surface area contributed by atoms with Crippen molar-refractivity contribution < 1.29 is 0 Å². The fourth-order valence-electron chi connectivity index (χ4n) is 2.07. The van der Waals surface area contributed by atoms with E-state index in [4.69, 9.17) is 11.6 Å². The summed E-state index contributed by atoms with van der Waals surface area (Å²) < 4.78 is 0. The van der Waals surface area contributed by atoms with Crippen LogP contribution in [0.2, 0.25) is 5.02 Å². The molecule has 2 N–H and O–H groups in total. The molecule has 4 heteroatoms. The maximum Gasteiger partial charge on any atom is 0.128 e. The van der Waals surface area contributed by atoms with Crippen molar-refractivity contribution in [2.75, 3.05) is 18.4 Å². The molecule has 0 bridgehead atoms. The van der Waals surface area contributed by atoms with Gasteiger partial charge < -0.3 is 10.6 Å². The molecule has 0 saturated carbocycles. The number of rotatable bonds is 3. The third-order valence-corrected chi connectivity index (χ3v) is 3.16. The Morgan fingerprint density at radius 3 is 2.58 bits per heavy atom. The van der Waals surface area contributed by atoms with Crippen molar-refractivity contribution in [1.82, 2.24) is 5.32 Å². The number of aliphatic imine (C=N–C) groups is 1. The van der Waals surface area contributed by atoms with E-state index < -0.39 is 0 Å². The summed E-state index contributed by atoms with van der Waals surface area (Å²) in [5.74, 6) is 0.967. The molecule has 0 atom stereocenters. The summed E-state index contributed by atoms with van der Waals surface area (Å²) in [6, 6.07) is 15.9. The second kappa shape index (κ2) is 5.33. The summed E-state index contributed by atoms with van der Waals surface area (Å²) in [6.07, 6.45) is 0. The normalized spacial score (nSPS) is 13.8. The number of hydrogen-bond acceptors (Lipinski definition) is 3. The molecule has 2 aromatic carbocycles. The lowest BCUT2D eigenvalue weighted by Gasteiger charge is -2.09. The molecule has 0 aliphatic carbocycles. The van der Waals surface area contributed by atoms with E-state index in [1.807, 2.05) is 36.4 Å². The Labute approximate surface area is 117 Å². The Morgan fingerprint density at radius 2 is 1.84 bits per heavy atom. The molecule has 0 radical (unpaired) electrons. The Kier molecular flexibility index (Phi) is 3.38. The largest absolute Gasteiger partial charge is 0.368 e. The van der Waals surface area contributed by atoms with Crippen molar-refractivity contribution in [3.63, 3.8) is 0 Å². The van der Waals surface area contributed by atoms with Crippen LogP contribution in [0.1, 0.15) is 5.56 Å². The Hall–Kier alpha value is -2.00. The minimum absolute atomic E-state index is 0.725. The summed E-state index contributed by atoms with van der Waals surface area (Å²) in [5.41, 5.74) is 3.10. The first-order chi connectivity index (χ1) is 9.31. The fourth-order valence-corrected chi connectivity index (χ4v) is 2.26. The summed E-state index contributed by atoms with van der Waals surface area (Å²) in [7, 11) is 0. The van der Waals surface area contributed by atoms with Crippen LogP contribution >= 0.6 is 11.6 Å². The topological polar surface area (TPSA) is 36.4 Å². The molecule has 3 nitrogen and oxygen atoms in total. The van der Waals surface area contributed by atoms with E-state index in [-0.39, 0.29) is 0 Å². The zero-order valence-corrected chi connectivity index (χ0v) is 11.1. The standard InChI is InChI=1S/C15H14ClN3/c16-12-4-2-6-14(10-12)19-13-5-1-3-11(9-13)15-17-7-8-18-15/h1-6,9-10,19H,7-8H2,(H,17,18). The molecule has 1 aliphatic rings. The van der Waals surface area contributed by atoms with E-state index in [0.29, 0.717) is 0 Å². The molecular formula is C15H14ClN3. The Balaban J connectivity index is 1.83. The van der Waals surface area contributed by atoms with Crippen LogP contribution < -0.4 is 10.6 Å². The number of amidine groups is 1. The Bertz CT molecular complexity index is 622. The van der Waals surface area contributed by atoms with Crippen molar-refractivity contribution in [1.29, 1.82) is 0 Å². The van der Waals surface area contributed by atoms with Gasteiger partial charge in [-0.3, -0.25) is 4.99 Å². The minimum Gasteiger partial charge on any atom is -0.368 e. The molecule has 1 aliphatic heterocycles. The number of anilines is 2. The van der Waals surface area contributed by atoms with Crippen LogP contribution in [-0.2, 0) is 0 Å². The van der Waals surface area contributed by atoms with Gasteiger partial charge in [0, 0.05) is 28.5 Å². The second-order valence-electron chi connectivity index (χ2n) is 4.37. The van der Waals surface area contributed by atoms with Gasteiger partial charge in [-0.15, -0.1) is 0 Å². The van der Waals surface area contributed by atoms with Gasteiger partial charge in [0.15, 0.2) is 0 Å². The predicted molar refractivity (Wildman–Crippen MR) is 80.6 cm³/mol. The molecule has 0 spiro atoms. The molecule has 0 unspecified atom stereocenters. The highest BCUT2D eigenvalue weighted by atomic mass is 35.5. The lowest BCUT2D eigenvalue weighted by Crippen LogP contribution is -2.19. The fraction of sp³-hybridized carbons (Fsp3) is 0.133. The summed E-state index contributed by atoms with van der Waals surface area (Å²) in [6.45, 7) is 1.77. The van der Waals surface area contributed by atoms with Crippen molar-refractivity contribution >= 4 is 28.8 Å². The maximum absolute atomic E-state index is 5.98. The van der Waals surface area contributed by atoms with Gasteiger partial charge in [0.1, 0.15) is 5.84 Å². The van der Waals surface area contributed by atoms with Crippen molar-refractivity contribution in [3.8, 4) is 0 Å². The zero-order valence-electron chi connectivity index (χ0n) is 10.4. The second-order valence-corrected chi connectivity index (χ2v) is 4.81. The lowest BCUT2D eigenvalue weighted by molar-refractivity contribution is 0.960. The molecule has 2 aromatic rings. The van der Waals surface area contributed by atoms with E-state index in [0.717, 1.165) is 40.9 Å². The summed E-state index contributed by atoms with van der Waals surface area (Å²) >= 11 is 5.98. The molecule has 0 aromatic heterocycles. The Morgan fingerprint density at radius 1 is 1.05 bits per heavy atom. The summed E-state index contributed by atoms with van der Waals surface area (Å²) in [5, 5.41) is 7.34. The van der Waals surface area contributed by atoms with Gasteiger partial charge in [-0.1, -0.05) is 29.8 Å². The molecular weight excluding hydrogens is 258 g/mol. The van der Waals surface area contributed by atoms with Gasteiger partial charge in [-0.25, -0.2) is 0 Å². The quantitative estimate of drug-likeness (QED) is 0.897. The molecule has 3 rings (SSSR count). The third kappa shape index (κ3) is 2.88. The highest BCUT2D eigenvalue weighted by molar-refractivity contribution is 6.30. The van der Waals surface area contributed by atoms with E-state index in [9.17, 15) is 0 Å². The highest BCUT2D eigenvalue weighted by Crippen LogP contribution is 2.21. The molecule has 0 fully saturated rings. The molecule has 96 valence electrons. The monoisotopic (exact) mass is 271 g/mol. The SMILES string of the molecule is Clc1cccc(Nc2cccc(C3=NCCN3)c2)c1. The molecule has 1 heterocycles. The first kappa shape index (κ1) is 12.1. The van der Waals surface area contributed by atoms with Crippen LogP contribution in [0.15, 0.2) is 53.5 Å². The average molecular weight is 272 g/mol. The zero-order chi connectivity index (χ0) is 13.1. The molecule has 0 saturated heterocycles. The van der Waals surface area contributed by atoms with E-state index in [1.54, 1.807) is 0 Å². The number of halogens is 1. The van der Waals surface area contributed by atoms with Crippen LogP contribution in [0.4, 0.5) is 11.4 Å². The van der Waals surface area contributed by atoms with Crippen molar-refractivity contribution in [2.45, 2.75) is 0 Å². The van der Waals surface area contributed by atoms with Gasteiger partial charge in [-0.2, -0.15) is 0 Å². The number of nitrogens with one attached hydrogen (secondary N) is 2. The maximum atomic E-state index is 5.98. The third-order valence-electron chi connectivity index (χ3n) is 2.92. The number of hydrogen-bond donors (Lipinski definition) is 2. The van der Waals surface area contributed by atoms with E-state index in [1.165, 1.54) is 0 Å². The predicted octanol–water partition coefficient (Wildman–Crippen LogP) is 3.43. The number of benzene rings is 2. The van der Waals surface area contributed by atoms with Gasteiger partial charge in [0.05, 0.1) is 6.54 Å². The first-order valence-corrected chi connectivity index (χ1v) is 6.60. The van der Waals surface area contributed by atoms with Gasteiger partial charge in [-0.05, 0) is 30.3 Å².